The number of hydrogen-bond donors (Lipinski definition) is 2. The van der Waals surface area contributed by atoms with E-state index in [2.05, 4.69) is 43.6 Å². The molecular formula is C21H29N3O3. The summed E-state index contributed by atoms with van der Waals surface area (Å²) in [6.07, 6.45) is 4.97. The van der Waals surface area contributed by atoms with Crippen molar-refractivity contribution in [3.05, 3.63) is 35.4 Å². The van der Waals surface area contributed by atoms with E-state index in [0.717, 1.165) is 29.8 Å². The first kappa shape index (κ1) is 19.4. The summed E-state index contributed by atoms with van der Waals surface area (Å²) in [7, 11) is 0. The van der Waals surface area contributed by atoms with E-state index in [-0.39, 0.29) is 23.7 Å². The van der Waals surface area contributed by atoms with Crippen molar-refractivity contribution in [2.45, 2.75) is 76.7 Å². The molecule has 1 saturated carbocycles. The van der Waals surface area contributed by atoms with Crippen molar-refractivity contribution < 1.29 is 14.4 Å². The molecule has 2 fully saturated rings. The average Bonchev–Trinajstić information content (AvgIpc) is 2.84. The van der Waals surface area contributed by atoms with Gasteiger partial charge < -0.3 is 5.32 Å². The van der Waals surface area contributed by atoms with Gasteiger partial charge in [0.2, 0.25) is 5.91 Å². The third-order valence-electron chi connectivity index (χ3n) is 5.57. The molecule has 0 aromatic heterocycles. The summed E-state index contributed by atoms with van der Waals surface area (Å²) in [4.78, 5) is 37.1. The molecule has 6 nitrogen and oxygen atoms in total. The standard InChI is InChI=1S/C21H29N3O3/c1-20(2,3)16-10-7-15(8-11-16)9-12-17(25)23-24-18(26)21(22-19(24)27)13-5-4-6-14-21/h7-8,10-11H,4-6,9,12-14H2,1-3H3,(H,22,27)(H,23,25). The first-order valence-corrected chi connectivity index (χ1v) is 9.77. The number of hydrazine groups is 1. The number of hydrogen-bond acceptors (Lipinski definition) is 3. The van der Waals surface area contributed by atoms with Gasteiger partial charge in [-0.05, 0) is 35.8 Å². The molecule has 0 radical (unpaired) electrons. The molecule has 0 bridgehead atoms. The molecule has 0 atom stereocenters. The van der Waals surface area contributed by atoms with Crippen molar-refractivity contribution in [3.8, 4) is 0 Å². The molecule has 0 unspecified atom stereocenters. The molecule has 1 aliphatic carbocycles. The molecule has 1 spiro atoms. The van der Waals surface area contributed by atoms with Crippen LogP contribution < -0.4 is 10.7 Å². The van der Waals surface area contributed by atoms with Crippen molar-refractivity contribution in [1.29, 1.82) is 0 Å². The minimum Gasteiger partial charge on any atom is -0.322 e. The maximum absolute atomic E-state index is 12.7. The summed E-state index contributed by atoms with van der Waals surface area (Å²) in [6, 6.07) is 7.69. The van der Waals surface area contributed by atoms with Crippen LogP contribution in [0.5, 0.6) is 0 Å². The molecule has 146 valence electrons. The van der Waals surface area contributed by atoms with Crippen molar-refractivity contribution in [1.82, 2.24) is 15.8 Å². The summed E-state index contributed by atoms with van der Waals surface area (Å²) in [5, 5.41) is 3.66. The molecule has 6 heteroatoms. The van der Waals surface area contributed by atoms with Gasteiger partial charge in [0.25, 0.3) is 5.91 Å². The van der Waals surface area contributed by atoms with Crippen LogP contribution in [0.15, 0.2) is 24.3 Å². The van der Waals surface area contributed by atoms with Gasteiger partial charge in [-0.3, -0.25) is 15.0 Å². The third-order valence-corrected chi connectivity index (χ3v) is 5.57. The first-order chi connectivity index (χ1) is 12.7. The number of carbonyl (C=O) groups excluding carboxylic acids is 3. The summed E-state index contributed by atoms with van der Waals surface area (Å²) >= 11 is 0. The quantitative estimate of drug-likeness (QED) is 0.798. The zero-order valence-corrected chi connectivity index (χ0v) is 16.4. The number of rotatable bonds is 4. The van der Waals surface area contributed by atoms with Crippen LogP contribution in [-0.2, 0) is 21.4 Å². The lowest BCUT2D eigenvalue weighted by molar-refractivity contribution is -0.139. The van der Waals surface area contributed by atoms with Crippen LogP contribution >= 0.6 is 0 Å². The third kappa shape index (κ3) is 4.15. The van der Waals surface area contributed by atoms with E-state index in [1.165, 1.54) is 5.56 Å². The summed E-state index contributed by atoms with van der Waals surface area (Å²) in [5.41, 5.74) is 4.06. The van der Waals surface area contributed by atoms with Gasteiger partial charge in [0, 0.05) is 6.42 Å². The lowest BCUT2D eigenvalue weighted by Gasteiger charge is -2.30. The van der Waals surface area contributed by atoms with Crippen LogP contribution in [0.3, 0.4) is 0 Å². The number of urea groups is 1. The zero-order valence-electron chi connectivity index (χ0n) is 16.4. The molecule has 1 saturated heterocycles. The largest absolute Gasteiger partial charge is 0.344 e. The fourth-order valence-corrected chi connectivity index (χ4v) is 3.83. The lowest BCUT2D eigenvalue weighted by atomic mass is 9.82. The second kappa shape index (κ2) is 7.33. The highest BCUT2D eigenvalue weighted by Gasteiger charge is 2.52. The van der Waals surface area contributed by atoms with E-state index in [9.17, 15) is 14.4 Å². The Morgan fingerprint density at radius 3 is 2.33 bits per heavy atom. The predicted octanol–water partition coefficient (Wildman–Crippen LogP) is 3.20. The number of aryl methyl sites for hydroxylation is 1. The van der Waals surface area contributed by atoms with Gasteiger partial charge >= 0.3 is 6.03 Å². The normalized spacial score (nSPS) is 19.3. The number of benzene rings is 1. The van der Waals surface area contributed by atoms with Crippen LogP contribution in [0.2, 0.25) is 0 Å². The highest BCUT2D eigenvalue weighted by atomic mass is 16.2. The van der Waals surface area contributed by atoms with Crippen molar-refractivity contribution in [2.24, 2.45) is 0 Å². The van der Waals surface area contributed by atoms with Crippen LogP contribution in [0.1, 0.15) is 70.4 Å². The minimum atomic E-state index is -0.814. The Morgan fingerprint density at radius 1 is 1.11 bits per heavy atom. The highest BCUT2D eigenvalue weighted by Crippen LogP contribution is 2.33. The van der Waals surface area contributed by atoms with E-state index in [1.54, 1.807) is 0 Å². The Hall–Kier alpha value is -2.37. The van der Waals surface area contributed by atoms with Crippen LogP contribution in [0, 0.1) is 0 Å². The van der Waals surface area contributed by atoms with E-state index in [4.69, 9.17) is 0 Å². The Morgan fingerprint density at radius 2 is 1.74 bits per heavy atom. The first-order valence-electron chi connectivity index (χ1n) is 9.77. The Balaban J connectivity index is 1.55. The molecule has 2 aliphatic rings. The van der Waals surface area contributed by atoms with Crippen LogP contribution in [-0.4, -0.2) is 28.4 Å². The average molecular weight is 371 g/mol. The van der Waals surface area contributed by atoms with E-state index >= 15 is 0 Å². The summed E-state index contributed by atoms with van der Waals surface area (Å²) in [6.45, 7) is 6.48. The van der Waals surface area contributed by atoms with Gasteiger partial charge in [0.1, 0.15) is 5.54 Å². The number of nitrogens with zero attached hydrogens (tertiary/aromatic N) is 1. The van der Waals surface area contributed by atoms with Crippen molar-refractivity contribution in [3.63, 3.8) is 0 Å². The van der Waals surface area contributed by atoms with Gasteiger partial charge in [-0.1, -0.05) is 64.3 Å². The fraction of sp³-hybridized carbons (Fsp3) is 0.571. The fourth-order valence-electron chi connectivity index (χ4n) is 3.83. The van der Waals surface area contributed by atoms with Gasteiger partial charge in [0.05, 0.1) is 0 Å². The minimum absolute atomic E-state index is 0.0917. The molecule has 27 heavy (non-hydrogen) atoms. The molecular weight excluding hydrogens is 342 g/mol. The van der Waals surface area contributed by atoms with Gasteiger partial charge in [-0.15, -0.1) is 0 Å². The smallest absolute Gasteiger partial charge is 0.322 e. The zero-order chi connectivity index (χ0) is 19.7. The Bertz CT molecular complexity index is 728. The predicted molar refractivity (Wildman–Crippen MR) is 103 cm³/mol. The van der Waals surface area contributed by atoms with Gasteiger partial charge in [-0.25, -0.2) is 4.79 Å². The highest BCUT2D eigenvalue weighted by molar-refractivity contribution is 6.08. The topological polar surface area (TPSA) is 78.5 Å². The molecule has 3 rings (SSSR count). The van der Waals surface area contributed by atoms with Gasteiger partial charge in [-0.2, -0.15) is 5.01 Å². The maximum atomic E-state index is 12.7. The molecule has 1 aromatic carbocycles. The lowest BCUT2D eigenvalue weighted by Crippen LogP contribution is -2.51. The van der Waals surface area contributed by atoms with E-state index < -0.39 is 11.6 Å². The molecule has 1 aliphatic heterocycles. The molecule has 1 heterocycles. The van der Waals surface area contributed by atoms with Gasteiger partial charge in [0.15, 0.2) is 0 Å². The summed E-state index contributed by atoms with van der Waals surface area (Å²) in [5.74, 6) is -0.652. The van der Waals surface area contributed by atoms with Crippen molar-refractivity contribution in [2.75, 3.05) is 0 Å². The maximum Gasteiger partial charge on any atom is 0.344 e. The molecule has 4 amide bonds. The summed E-state index contributed by atoms with van der Waals surface area (Å²) < 4.78 is 0. The molecule has 1 aromatic rings. The Labute approximate surface area is 160 Å². The number of amides is 4. The second-order valence-electron chi connectivity index (χ2n) is 8.70. The van der Waals surface area contributed by atoms with E-state index in [1.807, 2.05) is 12.1 Å². The SMILES string of the molecule is CC(C)(C)c1ccc(CCC(=O)NN2C(=O)NC3(CCCCC3)C2=O)cc1. The van der Waals surface area contributed by atoms with E-state index in [0.29, 0.717) is 19.3 Å². The number of nitrogens with one attached hydrogen (secondary N) is 2. The van der Waals surface area contributed by atoms with Crippen LogP contribution in [0.4, 0.5) is 4.79 Å². The monoisotopic (exact) mass is 371 g/mol. The number of carbonyl (C=O) groups is 3. The van der Waals surface area contributed by atoms with Crippen molar-refractivity contribution >= 4 is 17.8 Å². The second-order valence-corrected chi connectivity index (χ2v) is 8.70. The molecule has 2 N–H and O–H groups in total. The Kier molecular flexibility index (Phi) is 5.27. The van der Waals surface area contributed by atoms with Crippen LogP contribution in [0.25, 0.3) is 0 Å². The number of imide groups is 1.